The summed E-state index contributed by atoms with van der Waals surface area (Å²) in [5.41, 5.74) is 0.907. The number of morpholine rings is 1. The second-order valence-electron chi connectivity index (χ2n) is 5.83. The fraction of sp³-hybridized carbons (Fsp3) is 0.235. The number of hydrogen-bond donors (Lipinski definition) is 1. The number of aromatic nitrogens is 2. The zero-order valence-electron chi connectivity index (χ0n) is 14.2. The predicted octanol–water partition coefficient (Wildman–Crippen LogP) is 1.96. The second-order valence-corrected chi connectivity index (χ2v) is 8.80. The van der Waals surface area contributed by atoms with E-state index in [2.05, 4.69) is 15.3 Å². The first-order valence-corrected chi connectivity index (χ1v) is 10.5. The molecule has 0 atom stereocenters. The summed E-state index contributed by atoms with van der Waals surface area (Å²) in [5.74, 6) is -0.365. The van der Waals surface area contributed by atoms with Gasteiger partial charge in [-0.05, 0) is 30.3 Å². The molecule has 10 heteroatoms. The van der Waals surface area contributed by atoms with Crippen molar-refractivity contribution in [3.05, 3.63) is 48.3 Å². The average Bonchev–Trinajstić information content (AvgIpc) is 3.10. The third-order valence-corrected chi connectivity index (χ3v) is 6.91. The number of nitrogens with zero attached hydrogens (tertiary/aromatic N) is 3. The van der Waals surface area contributed by atoms with Crippen molar-refractivity contribution in [2.75, 3.05) is 31.6 Å². The fourth-order valence-electron chi connectivity index (χ4n) is 2.71. The maximum atomic E-state index is 12.8. The molecule has 8 nitrogen and oxygen atoms in total. The van der Waals surface area contributed by atoms with Crippen LogP contribution in [0.15, 0.2) is 47.5 Å². The molecule has 0 bridgehead atoms. The molecule has 4 rings (SSSR count). The summed E-state index contributed by atoms with van der Waals surface area (Å²) in [6.45, 7) is 1.47. The number of fused-ring (bicyclic) bond motifs is 1. The summed E-state index contributed by atoms with van der Waals surface area (Å²) in [5, 5.41) is 3.09. The Balaban J connectivity index is 1.59. The van der Waals surface area contributed by atoms with Crippen LogP contribution in [0.1, 0.15) is 10.5 Å². The van der Waals surface area contributed by atoms with Crippen LogP contribution in [0.5, 0.6) is 0 Å². The molecule has 1 fully saturated rings. The molecule has 1 amide bonds. The Morgan fingerprint density at radius 3 is 2.74 bits per heavy atom. The third kappa shape index (κ3) is 3.69. The van der Waals surface area contributed by atoms with E-state index in [0.29, 0.717) is 41.7 Å². The topological polar surface area (TPSA) is 101 Å². The number of pyridine rings is 1. The molecule has 3 aromatic rings. The van der Waals surface area contributed by atoms with E-state index in [1.54, 1.807) is 30.3 Å². The van der Waals surface area contributed by atoms with Crippen molar-refractivity contribution in [2.24, 2.45) is 0 Å². The number of carbonyl (C=O) groups is 1. The molecule has 1 aliphatic rings. The van der Waals surface area contributed by atoms with E-state index in [1.165, 1.54) is 27.9 Å². The van der Waals surface area contributed by atoms with Crippen LogP contribution in [-0.4, -0.2) is 54.9 Å². The van der Waals surface area contributed by atoms with Crippen molar-refractivity contribution in [2.45, 2.75) is 4.90 Å². The number of benzene rings is 1. The number of sulfonamides is 1. The lowest BCUT2D eigenvalue weighted by molar-refractivity contribution is 0.0730. The van der Waals surface area contributed by atoms with Gasteiger partial charge in [0.2, 0.25) is 10.0 Å². The molecule has 1 N–H and O–H groups in total. The van der Waals surface area contributed by atoms with Gasteiger partial charge in [-0.25, -0.2) is 13.4 Å². The van der Waals surface area contributed by atoms with Gasteiger partial charge in [0.25, 0.3) is 5.91 Å². The Morgan fingerprint density at radius 1 is 1.19 bits per heavy atom. The maximum Gasteiger partial charge on any atom is 0.276 e. The summed E-state index contributed by atoms with van der Waals surface area (Å²) >= 11 is 1.22. The summed E-state index contributed by atoms with van der Waals surface area (Å²) < 4.78 is 32.9. The summed E-state index contributed by atoms with van der Waals surface area (Å²) in [4.78, 5) is 20.8. The number of thiazole rings is 1. The molecule has 1 aromatic carbocycles. The van der Waals surface area contributed by atoms with Crippen molar-refractivity contribution in [3.8, 4) is 0 Å². The molecule has 1 aliphatic heterocycles. The Kier molecular flexibility index (Phi) is 4.87. The number of amides is 1. The van der Waals surface area contributed by atoms with Gasteiger partial charge in [-0.2, -0.15) is 4.31 Å². The van der Waals surface area contributed by atoms with E-state index in [0.717, 1.165) is 0 Å². The second kappa shape index (κ2) is 7.31. The van der Waals surface area contributed by atoms with Gasteiger partial charge in [-0.3, -0.25) is 15.1 Å². The zero-order chi connectivity index (χ0) is 18.9. The van der Waals surface area contributed by atoms with E-state index in [9.17, 15) is 13.2 Å². The molecule has 0 spiro atoms. The largest absolute Gasteiger partial charge is 0.379 e. The van der Waals surface area contributed by atoms with Crippen molar-refractivity contribution < 1.29 is 17.9 Å². The van der Waals surface area contributed by atoms with Crippen LogP contribution in [0.25, 0.3) is 10.2 Å². The monoisotopic (exact) mass is 404 g/mol. The highest BCUT2D eigenvalue weighted by atomic mass is 32.2. The van der Waals surface area contributed by atoms with Crippen molar-refractivity contribution >= 4 is 42.6 Å². The number of ether oxygens (including phenoxy) is 1. The molecular formula is C17H16N4O4S2. The molecule has 1 saturated heterocycles. The molecule has 0 saturated carbocycles. The SMILES string of the molecule is O=C(Nc1nc2ccc(S(=O)(=O)N3CCOCC3)cc2s1)c1ccccn1. The molecule has 3 heterocycles. The number of nitrogens with one attached hydrogen (secondary N) is 1. The fourth-order valence-corrected chi connectivity index (χ4v) is 5.12. The van der Waals surface area contributed by atoms with Crippen LogP contribution in [0.2, 0.25) is 0 Å². The van der Waals surface area contributed by atoms with Crippen LogP contribution in [0.4, 0.5) is 5.13 Å². The number of carbonyl (C=O) groups excluding carboxylic acids is 1. The third-order valence-electron chi connectivity index (χ3n) is 4.09. The van der Waals surface area contributed by atoms with Crippen LogP contribution in [-0.2, 0) is 14.8 Å². The van der Waals surface area contributed by atoms with Crippen LogP contribution in [0.3, 0.4) is 0 Å². The summed E-state index contributed by atoms with van der Waals surface area (Å²) in [6, 6.07) is 9.84. The minimum atomic E-state index is -3.58. The smallest absolute Gasteiger partial charge is 0.276 e. The highest BCUT2D eigenvalue weighted by Gasteiger charge is 2.26. The van der Waals surface area contributed by atoms with E-state index in [-0.39, 0.29) is 16.5 Å². The Morgan fingerprint density at radius 2 is 2.00 bits per heavy atom. The minimum absolute atomic E-state index is 0.211. The highest BCUT2D eigenvalue weighted by Crippen LogP contribution is 2.29. The first-order valence-electron chi connectivity index (χ1n) is 8.25. The van der Waals surface area contributed by atoms with Gasteiger partial charge in [-0.15, -0.1) is 0 Å². The molecule has 140 valence electrons. The van der Waals surface area contributed by atoms with Crippen LogP contribution in [0, 0.1) is 0 Å². The molecule has 0 radical (unpaired) electrons. The Bertz CT molecular complexity index is 1080. The summed E-state index contributed by atoms with van der Waals surface area (Å²) in [7, 11) is -3.58. The lowest BCUT2D eigenvalue weighted by Crippen LogP contribution is -2.40. The Hall–Kier alpha value is -2.40. The predicted molar refractivity (Wildman–Crippen MR) is 101 cm³/mol. The Labute approximate surface area is 159 Å². The standard InChI is InChI=1S/C17H16N4O4S2/c22-16(14-3-1-2-6-18-14)20-17-19-13-5-4-12(11-15(13)26-17)27(23,24)21-7-9-25-10-8-21/h1-6,11H,7-10H2,(H,19,20,22). The van der Waals surface area contributed by atoms with E-state index >= 15 is 0 Å². The van der Waals surface area contributed by atoms with Gasteiger partial charge in [0.15, 0.2) is 5.13 Å². The van der Waals surface area contributed by atoms with E-state index in [4.69, 9.17) is 4.74 Å². The molecular weight excluding hydrogens is 388 g/mol. The van der Waals surface area contributed by atoms with Gasteiger partial charge in [0.1, 0.15) is 5.69 Å². The average molecular weight is 404 g/mol. The lowest BCUT2D eigenvalue weighted by atomic mass is 10.3. The lowest BCUT2D eigenvalue weighted by Gasteiger charge is -2.25. The molecule has 27 heavy (non-hydrogen) atoms. The van der Waals surface area contributed by atoms with Crippen LogP contribution >= 0.6 is 11.3 Å². The molecule has 2 aromatic heterocycles. The van der Waals surface area contributed by atoms with Crippen LogP contribution < -0.4 is 5.32 Å². The van der Waals surface area contributed by atoms with Crippen molar-refractivity contribution in [1.82, 2.24) is 14.3 Å². The van der Waals surface area contributed by atoms with Gasteiger partial charge in [0, 0.05) is 19.3 Å². The minimum Gasteiger partial charge on any atom is -0.379 e. The quantitative estimate of drug-likeness (QED) is 0.713. The van der Waals surface area contributed by atoms with Gasteiger partial charge in [-0.1, -0.05) is 17.4 Å². The van der Waals surface area contributed by atoms with E-state index < -0.39 is 10.0 Å². The van der Waals surface area contributed by atoms with E-state index in [1.807, 2.05) is 0 Å². The first-order chi connectivity index (χ1) is 13.0. The normalized spacial score (nSPS) is 15.7. The molecule has 0 unspecified atom stereocenters. The van der Waals surface area contributed by atoms with Gasteiger partial charge < -0.3 is 4.74 Å². The van der Waals surface area contributed by atoms with Gasteiger partial charge in [0.05, 0.1) is 28.3 Å². The summed E-state index contributed by atoms with van der Waals surface area (Å²) in [6.07, 6.45) is 1.54. The number of rotatable bonds is 4. The maximum absolute atomic E-state index is 12.8. The zero-order valence-corrected chi connectivity index (χ0v) is 15.8. The molecule has 0 aliphatic carbocycles. The van der Waals surface area contributed by atoms with Crippen molar-refractivity contribution in [1.29, 1.82) is 0 Å². The number of hydrogen-bond acceptors (Lipinski definition) is 7. The highest BCUT2D eigenvalue weighted by molar-refractivity contribution is 7.89. The number of anilines is 1. The van der Waals surface area contributed by atoms with Crippen molar-refractivity contribution in [3.63, 3.8) is 0 Å². The first kappa shape index (κ1) is 18.0. The van der Waals surface area contributed by atoms with Gasteiger partial charge >= 0.3 is 0 Å².